The van der Waals surface area contributed by atoms with Crippen LogP contribution in [0.3, 0.4) is 0 Å². The third-order valence-electron chi connectivity index (χ3n) is 2.79. The number of para-hydroxylation sites is 1. The van der Waals surface area contributed by atoms with E-state index in [0.717, 1.165) is 11.3 Å². The summed E-state index contributed by atoms with van der Waals surface area (Å²) in [5.41, 5.74) is 1.39. The summed E-state index contributed by atoms with van der Waals surface area (Å²) in [6.45, 7) is 0. The van der Waals surface area contributed by atoms with Crippen molar-refractivity contribution in [1.82, 2.24) is 0 Å². The number of carbonyl (C=O) groups excluding carboxylic acids is 1. The summed E-state index contributed by atoms with van der Waals surface area (Å²) in [7, 11) is 1.61. The highest BCUT2D eigenvalue weighted by Crippen LogP contribution is 2.15. The van der Waals surface area contributed by atoms with E-state index in [-0.39, 0.29) is 5.78 Å². The Kier molecular flexibility index (Phi) is 5.61. The number of rotatable bonds is 2. The highest BCUT2D eigenvalue weighted by molar-refractivity contribution is 6.09. The van der Waals surface area contributed by atoms with Crippen molar-refractivity contribution in [2.45, 2.75) is 0 Å². The molecule has 0 atom stereocenters. The van der Waals surface area contributed by atoms with Gasteiger partial charge in [-0.2, -0.15) is 0 Å². The molecule has 0 aliphatic heterocycles. The number of carbonyl (C=O) groups is 1. The van der Waals surface area contributed by atoms with Crippen LogP contribution in [0.2, 0.25) is 0 Å². The highest BCUT2D eigenvalue weighted by atomic mass is 16.5. The number of methoxy groups -OCH3 is 1. The first-order valence-corrected chi connectivity index (χ1v) is 6.72. The molecule has 2 rings (SSSR count). The molecular weight excluding hydrogens is 272 g/mol. The molecule has 106 valence electrons. The second-order valence-corrected chi connectivity index (χ2v) is 4.27. The van der Waals surface area contributed by atoms with Gasteiger partial charge in [-0.15, -0.1) is 0 Å². The van der Waals surface area contributed by atoms with Gasteiger partial charge in [0.05, 0.1) is 12.7 Å². The molecule has 0 saturated heterocycles. The molecule has 0 heterocycles. The average molecular weight is 286 g/mol. The molecule has 0 saturated carbocycles. The zero-order valence-electron chi connectivity index (χ0n) is 12.2. The van der Waals surface area contributed by atoms with Crippen molar-refractivity contribution in [1.29, 1.82) is 0 Å². The Labute approximate surface area is 130 Å². The number of hydrogen-bond donors (Lipinski definition) is 0. The lowest BCUT2D eigenvalue weighted by Crippen LogP contribution is -1.92. The van der Waals surface area contributed by atoms with E-state index in [9.17, 15) is 4.79 Å². The Hall–Kier alpha value is -3.23. The number of Topliss-reactive ketones (excluding diaryl/α,β-unsaturated/α-hetero) is 1. The summed E-state index contributed by atoms with van der Waals surface area (Å²) in [6.07, 6.45) is 3.17. The molecule has 0 spiro atoms. The summed E-state index contributed by atoms with van der Waals surface area (Å²) >= 11 is 0. The monoisotopic (exact) mass is 286 g/mol. The fourth-order valence-electron chi connectivity index (χ4n) is 1.72. The maximum Gasteiger partial charge on any atom is 0.236 e. The van der Waals surface area contributed by atoms with Gasteiger partial charge in [-0.3, -0.25) is 4.79 Å². The molecule has 0 bridgehead atoms. The molecule has 2 heteroatoms. The van der Waals surface area contributed by atoms with Crippen LogP contribution in [0.1, 0.15) is 15.9 Å². The topological polar surface area (TPSA) is 26.3 Å². The lowest BCUT2D eigenvalue weighted by molar-refractivity contribution is 0.105. The normalized spacial score (nSPS) is 9.32. The SMILES string of the molecule is COc1ccccc1C#C/C=C\C#CC(=O)c1ccccc1. The van der Waals surface area contributed by atoms with Gasteiger partial charge >= 0.3 is 0 Å². The van der Waals surface area contributed by atoms with Crippen molar-refractivity contribution in [3.8, 4) is 29.4 Å². The predicted octanol–water partition coefficient (Wildman–Crippen LogP) is 3.49. The summed E-state index contributed by atoms with van der Waals surface area (Å²) in [5.74, 6) is 11.6. The van der Waals surface area contributed by atoms with E-state index in [2.05, 4.69) is 23.7 Å². The van der Waals surface area contributed by atoms with Crippen molar-refractivity contribution >= 4 is 5.78 Å². The minimum Gasteiger partial charge on any atom is -0.495 e. The molecule has 2 nitrogen and oxygen atoms in total. The molecule has 0 aliphatic rings. The van der Waals surface area contributed by atoms with Crippen LogP contribution in [0, 0.1) is 23.7 Å². The standard InChI is InChI=1S/C20H14O2/c1-22-20-16-10-9-14-18(20)13-5-2-3-8-15-19(21)17-11-6-4-7-12-17/h2-4,6-7,9-12,14,16H,1H3/b3-2-. The number of allylic oxidation sites excluding steroid dienone is 2. The average Bonchev–Trinajstić information content (AvgIpc) is 2.58. The van der Waals surface area contributed by atoms with Crippen molar-refractivity contribution in [3.63, 3.8) is 0 Å². The zero-order chi connectivity index (χ0) is 15.6. The molecule has 0 fully saturated rings. The Morgan fingerprint density at radius 2 is 1.64 bits per heavy atom. The van der Waals surface area contributed by atoms with Gasteiger partial charge in [0.2, 0.25) is 5.78 Å². The van der Waals surface area contributed by atoms with Crippen LogP contribution >= 0.6 is 0 Å². The molecule has 2 aromatic carbocycles. The lowest BCUT2D eigenvalue weighted by Gasteiger charge is -2.00. The van der Waals surface area contributed by atoms with Gasteiger partial charge in [0.25, 0.3) is 0 Å². The molecule has 0 aliphatic carbocycles. The fraction of sp³-hybridized carbons (Fsp3) is 0.0500. The largest absolute Gasteiger partial charge is 0.495 e. The first kappa shape index (κ1) is 15.2. The second kappa shape index (κ2) is 8.15. The van der Waals surface area contributed by atoms with Gasteiger partial charge < -0.3 is 4.74 Å². The van der Waals surface area contributed by atoms with E-state index in [1.807, 2.05) is 42.5 Å². The quantitative estimate of drug-likeness (QED) is 0.480. The Morgan fingerprint density at radius 1 is 0.955 bits per heavy atom. The Morgan fingerprint density at radius 3 is 2.41 bits per heavy atom. The maximum atomic E-state index is 11.7. The predicted molar refractivity (Wildman–Crippen MR) is 87.6 cm³/mol. The number of hydrogen-bond acceptors (Lipinski definition) is 2. The molecule has 0 radical (unpaired) electrons. The van der Waals surface area contributed by atoms with E-state index < -0.39 is 0 Å². The van der Waals surface area contributed by atoms with Crippen LogP contribution in [0.4, 0.5) is 0 Å². The molecular formula is C20H14O2. The first-order chi connectivity index (χ1) is 10.8. The number of ketones is 1. The zero-order valence-corrected chi connectivity index (χ0v) is 12.2. The molecule has 22 heavy (non-hydrogen) atoms. The van der Waals surface area contributed by atoms with Gasteiger partial charge in [0.15, 0.2) is 0 Å². The maximum absolute atomic E-state index is 11.7. The van der Waals surface area contributed by atoms with E-state index in [1.54, 1.807) is 31.4 Å². The minimum absolute atomic E-state index is 0.206. The summed E-state index contributed by atoms with van der Waals surface area (Å²) in [5, 5.41) is 0. The molecule has 0 aromatic heterocycles. The van der Waals surface area contributed by atoms with Crippen LogP contribution in [0.25, 0.3) is 0 Å². The fourth-order valence-corrected chi connectivity index (χ4v) is 1.72. The van der Waals surface area contributed by atoms with Crippen LogP contribution in [-0.4, -0.2) is 12.9 Å². The van der Waals surface area contributed by atoms with Crippen molar-refractivity contribution in [2.75, 3.05) is 7.11 Å². The highest BCUT2D eigenvalue weighted by Gasteiger charge is 1.98. The van der Waals surface area contributed by atoms with Crippen molar-refractivity contribution < 1.29 is 9.53 Å². The number of benzene rings is 2. The van der Waals surface area contributed by atoms with Gasteiger partial charge in [-0.25, -0.2) is 0 Å². The van der Waals surface area contributed by atoms with E-state index in [1.165, 1.54) is 0 Å². The van der Waals surface area contributed by atoms with E-state index >= 15 is 0 Å². The number of ether oxygens (including phenoxy) is 1. The lowest BCUT2D eigenvalue weighted by atomic mass is 10.1. The van der Waals surface area contributed by atoms with Gasteiger partial charge in [0, 0.05) is 5.56 Å². The van der Waals surface area contributed by atoms with Crippen LogP contribution in [0.5, 0.6) is 5.75 Å². The third kappa shape index (κ3) is 4.40. The van der Waals surface area contributed by atoms with E-state index in [4.69, 9.17) is 4.74 Å². The molecule has 0 N–H and O–H groups in total. The molecule has 2 aromatic rings. The second-order valence-electron chi connectivity index (χ2n) is 4.27. The van der Waals surface area contributed by atoms with Crippen LogP contribution < -0.4 is 4.74 Å². The summed E-state index contributed by atoms with van der Waals surface area (Å²) in [4.78, 5) is 11.7. The molecule has 0 amide bonds. The first-order valence-electron chi connectivity index (χ1n) is 6.72. The third-order valence-corrected chi connectivity index (χ3v) is 2.79. The van der Waals surface area contributed by atoms with Crippen molar-refractivity contribution in [2.24, 2.45) is 0 Å². The smallest absolute Gasteiger partial charge is 0.236 e. The summed E-state index contributed by atoms with van der Waals surface area (Å²) in [6, 6.07) is 16.5. The Balaban J connectivity index is 1.99. The summed E-state index contributed by atoms with van der Waals surface area (Å²) < 4.78 is 5.20. The van der Waals surface area contributed by atoms with Gasteiger partial charge in [0.1, 0.15) is 5.75 Å². The van der Waals surface area contributed by atoms with Crippen LogP contribution in [-0.2, 0) is 0 Å². The van der Waals surface area contributed by atoms with Gasteiger partial charge in [-0.05, 0) is 30.2 Å². The Bertz CT molecular complexity index is 794. The van der Waals surface area contributed by atoms with Crippen molar-refractivity contribution in [3.05, 3.63) is 77.9 Å². The van der Waals surface area contributed by atoms with E-state index in [0.29, 0.717) is 5.56 Å². The van der Waals surface area contributed by atoms with Gasteiger partial charge in [-0.1, -0.05) is 60.2 Å². The molecule has 0 unspecified atom stereocenters. The minimum atomic E-state index is -0.206. The van der Waals surface area contributed by atoms with Crippen LogP contribution in [0.15, 0.2) is 66.7 Å².